The predicted molar refractivity (Wildman–Crippen MR) is 104 cm³/mol. The molecule has 0 radical (unpaired) electrons. The van der Waals surface area contributed by atoms with Crippen molar-refractivity contribution in [3.8, 4) is 11.5 Å². The van der Waals surface area contributed by atoms with E-state index in [0.29, 0.717) is 34.6 Å². The van der Waals surface area contributed by atoms with Crippen LogP contribution in [0, 0.1) is 5.92 Å². The van der Waals surface area contributed by atoms with Gasteiger partial charge in [0.15, 0.2) is 11.5 Å². The Hall–Kier alpha value is -1.17. The zero-order valence-corrected chi connectivity index (χ0v) is 16.7. The summed E-state index contributed by atoms with van der Waals surface area (Å²) in [7, 11) is 1.55. The Morgan fingerprint density at radius 1 is 1.32 bits per heavy atom. The number of nitrogens with one attached hydrogen (secondary N) is 1. The Labute approximate surface area is 161 Å². The highest BCUT2D eigenvalue weighted by molar-refractivity contribution is 6.32. The molecule has 1 heterocycles. The number of methoxy groups -OCH3 is 1. The van der Waals surface area contributed by atoms with Gasteiger partial charge in [-0.2, -0.15) is 0 Å². The van der Waals surface area contributed by atoms with Crippen LogP contribution in [0.1, 0.15) is 37.0 Å². The van der Waals surface area contributed by atoms with Gasteiger partial charge in [-0.15, -0.1) is 12.4 Å². The average Bonchev–Trinajstić information content (AvgIpc) is 2.61. The molecule has 0 unspecified atom stereocenters. The Kier molecular flexibility index (Phi) is 9.39. The number of hydrogen-bond acceptors (Lipinski definition) is 4. The van der Waals surface area contributed by atoms with Gasteiger partial charge >= 0.3 is 0 Å². The number of benzene rings is 1. The van der Waals surface area contributed by atoms with E-state index >= 15 is 0 Å². The van der Waals surface area contributed by atoms with Gasteiger partial charge in [-0.1, -0.05) is 18.5 Å². The lowest BCUT2D eigenvalue weighted by Gasteiger charge is -2.32. The lowest BCUT2D eigenvalue weighted by molar-refractivity contribution is 0.0690. The van der Waals surface area contributed by atoms with Gasteiger partial charge in [0.05, 0.1) is 18.7 Å². The van der Waals surface area contributed by atoms with Gasteiger partial charge in [0.1, 0.15) is 0 Å². The first-order valence-electron chi connectivity index (χ1n) is 8.61. The molecule has 0 saturated carbocycles. The highest BCUT2D eigenvalue weighted by atomic mass is 35.5. The molecule has 1 amide bonds. The third-order valence-corrected chi connectivity index (χ3v) is 4.63. The third-order valence-electron chi connectivity index (χ3n) is 4.35. The lowest BCUT2D eigenvalue weighted by atomic mass is 9.96. The highest BCUT2D eigenvalue weighted by Crippen LogP contribution is 2.37. The molecule has 142 valence electrons. The largest absolute Gasteiger partial charge is 0.493 e. The van der Waals surface area contributed by atoms with Crippen molar-refractivity contribution in [1.29, 1.82) is 0 Å². The summed E-state index contributed by atoms with van der Waals surface area (Å²) < 4.78 is 10.8. The van der Waals surface area contributed by atoms with Gasteiger partial charge < -0.3 is 19.7 Å². The summed E-state index contributed by atoms with van der Waals surface area (Å²) in [6.45, 7) is 8.06. The summed E-state index contributed by atoms with van der Waals surface area (Å²) in [6.07, 6.45) is 2.06. The van der Waals surface area contributed by atoms with Crippen molar-refractivity contribution in [3.63, 3.8) is 0 Å². The van der Waals surface area contributed by atoms with Crippen LogP contribution in [0.4, 0.5) is 0 Å². The standard InChI is InChI=1S/C18H27ClN2O3.ClH/c1-4-20-12-13-6-8-21(9-7-13)18(22)14-10-15(19)17(24-5-2)16(11-14)23-3;/h10-11,13,20H,4-9,12H2,1-3H3;1H. The number of carbonyl (C=O) groups is 1. The van der Waals surface area contributed by atoms with E-state index < -0.39 is 0 Å². The Morgan fingerprint density at radius 3 is 2.56 bits per heavy atom. The number of nitrogens with zero attached hydrogens (tertiary/aromatic N) is 1. The zero-order chi connectivity index (χ0) is 17.5. The summed E-state index contributed by atoms with van der Waals surface area (Å²) in [6, 6.07) is 3.38. The van der Waals surface area contributed by atoms with Crippen LogP contribution in [0.25, 0.3) is 0 Å². The maximum atomic E-state index is 12.8. The molecule has 1 aliphatic heterocycles. The summed E-state index contributed by atoms with van der Waals surface area (Å²) in [5.74, 6) is 1.63. The van der Waals surface area contributed by atoms with E-state index in [0.717, 1.165) is 39.0 Å². The molecule has 1 N–H and O–H groups in total. The van der Waals surface area contributed by atoms with Gasteiger partial charge in [0, 0.05) is 18.7 Å². The van der Waals surface area contributed by atoms with E-state index in [1.165, 1.54) is 0 Å². The fourth-order valence-corrected chi connectivity index (χ4v) is 3.26. The number of piperidine rings is 1. The van der Waals surface area contributed by atoms with Gasteiger partial charge in [-0.3, -0.25) is 4.79 Å². The average molecular weight is 391 g/mol. The molecule has 5 nitrogen and oxygen atoms in total. The monoisotopic (exact) mass is 390 g/mol. The van der Waals surface area contributed by atoms with Crippen molar-refractivity contribution < 1.29 is 14.3 Å². The number of likely N-dealkylation sites (tertiary alicyclic amines) is 1. The van der Waals surface area contributed by atoms with Crippen molar-refractivity contribution in [3.05, 3.63) is 22.7 Å². The normalized spacial score (nSPS) is 14.8. The van der Waals surface area contributed by atoms with Crippen LogP contribution >= 0.6 is 24.0 Å². The highest BCUT2D eigenvalue weighted by Gasteiger charge is 2.25. The first-order chi connectivity index (χ1) is 11.6. The molecule has 1 aromatic carbocycles. The molecule has 1 aromatic rings. The predicted octanol–water partition coefficient (Wildman–Crippen LogP) is 3.63. The summed E-state index contributed by atoms with van der Waals surface area (Å²) >= 11 is 6.27. The van der Waals surface area contributed by atoms with Crippen LogP contribution in [0.3, 0.4) is 0 Å². The topological polar surface area (TPSA) is 50.8 Å². The van der Waals surface area contributed by atoms with Crippen molar-refractivity contribution in [2.75, 3.05) is 39.9 Å². The molecule has 0 bridgehead atoms. The minimum absolute atomic E-state index is 0. The molecule has 0 atom stereocenters. The second-order valence-electron chi connectivity index (χ2n) is 5.97. The number of halogens is 2. The SMILES string of the molecule is CCNCC1CCN(C(=O)c2cc(Cl)c(OCC)c(OC)c2)CC1.Cl. The number of ether oxygens (including phenoxy) is 2. The number of hydrogen-bond donors (Lipinski definition) is 1. The summed E-state index contributed by atoms with van der Waals surface area (Å²) in [5, 5.41) is 3.79. The molecule has 7 heteroatoms. The lowest BCUT2D eigenvalue weighted by Crippen LogP contribution is -2.40. The van der Waals surface area contributed by atoms with Crippen LogP contribution in [-0.2, 0) is 0 Å². The first kappa shape index (κ1) is 21.9. The molecule has 1 fully saturated rings. The fraction of sp³-hybridized carbons (Fsp3) is 0.611. The van der Waals surface area contributed by atoms with Crippen molar-refractivity contribution in [1.82, 2.24) is 10.2 Å². The van der Waals surface area contributed by atoms with E-state index in [-0.39, 0.29) is 18.3 Å². The maximum absolute atomic E-state index is 12.8. The summed E-state index contributed by atoms with van der Waals surface area (Å²) in [5.41, 5.74) is 0.547. The van der Waals surface area contributed by atoms with Crippen LogP contribution in [-0.4, -0.2) is 50.7 Å². The smallest absolute Gasteiger partial charge is 0.254 e. The van der Waals surface area contributed by atoms with Crippen LogP contribution in [0.15, 0.2) is 12.1 Å². The molecule has 0 aliphatic carbocycles. The Balaban J connectivity index is 0.00000312. The molecule has 25 heavy (non-hydrogen) atoms. The van der Waals surface area contributed by atoms with E-state index in [1.54, 1.807) is 19.2 Å². The van der Waals surface area contributed by atoms with Crippen molar-refractivity contribution in [2.24, 2.45) is 5.92 Å². The third kappa shape index (κ3) is 5.66. The van der Waals surface area contributed by atoms with Crippen molar-refractivity contribution in [2.45, 2.75) is 26.7 Å². The number of carbonyl (C=O) groups excluding carboxylic acids is 1. The number of amides is 1. The van der Waals surface area contributed by atoms with E-state index in [1.807, 2.05) is 11.8 Å². The van der Waals surface area contributed by atoms with Crippen LogP contribution in [0.2, 0.25) is 5.02 Å². The first-order valence-corrected chi connectivity index (χ1v) is 8.98. The second-order valence-corrected chi connectivity index (χ2v) is 6.37. The fourth-order valence-electron chi connectivity index (χ4n) is 3.00. The minimum Gasteiger partial charge on any atom is -0.493 e. The number of rotatable bonds is 7. The van der Waals surface area contributed by atoms with Crippen molar-refractivity contribution >= 4 is 29.9 Å². The van der Waals surface area contributed by atoms with Gasteiger partial charge in [0.2, 0.25) is 0 Å². The van der Waals surface area contributed by atoms with Crippen LogP contribution < -0.4 is 14.8 Å². The van der Waals surface area contributed by atoms with Crippen LogP contribution in [0.5, 0.6) is 11.5 Å². The zero-order valence-electron chi connectivity index (χ0n) is 15.1. The van der Waals surface area contributed by atoms with E-state index in [9.17, 15) is 4.79 Å². The second kappa shape index (κ2) is 10.7. The van der Waals surface area contributed by atoms with E-state index in [2.05, 4.69) is 12.2 Å². The molecule has 2 rings (SSSR count). The molecular weight excluding hydrogens is 363 g/mol. The van der Waals surface area contributed by atoms with E-state index in [4.69, 9.17) is 21.1 Å². The Morgan fingerprint density at radius 2 is 2.00 bits per heavy atom. The minimum atomic E-state index is 0. The molecule has 1 aliphatic rings. The molecule has 1 saturated heterocycles. The van der Waals surface area contributed by atoms with Gasteiger partial charge in [0.25, 0.3) is 5.91 Å². The molecule has 0 aromatic heterocycles. The Bertz CT molecular complexity index is 561. The van der Waals surface area contributed by atoms with Gasteiger partial charge in [-0.25, -0.2) is 0 Å². The quantitative estimate of drug-likeness (QED) is 0.771. The molecular formula is C18H28Cl2N2O3. The molecule has 0 spiro atoms. The van der Waals surface area contributed by atoms with Gasteiger partial charge in [-0.05, 0) is 50.9 Å². The maximum Gasteiger partial charge on any atom is 0.254 e. The summed E-state index contributed by atoms with van der Waals surface area (Å²) in [4.78, 5) is 14.7.